The van der Waals surface area contributed by atoms with Gasteiger partial charge in [0.25, 0.3) is 0 Å². The zero-order valence-electron chi connectivity index (χ0n) is 12.3. The summed E-state index contributed by atoms with van der Waals surface area (Å²) in [5.74, 6) is 4.12. The topological polar surface area (TPSA) is 72.3 Å². The monoisotopic (exact) mass is 267 g/mol. The number of Topliss-reactive ketones (excluding diaryl/α,β-unsaturated/α-hetero) is 1. The highest BCUT2D eigenvalue weighted by atomic mass is 16.3. The molecule has 2 unspecified atom stereocenters. The zero-order valence-corrected chi connectivity index (χ0v) is 12.3. The summed E-state index contributed by atoms with van der Waals surface area (Å²) in [5, 5.41) is 10.3. The van der Waals surface area contributed by atoms with Gasteiger partial charge in [0, 0.05) is 12.8 Å². The Morgan fingerprint density at radius 1 is 0.947 bits per heavy atom. The fourth-order valence-electron chi connectivity index (χ4n) is 5.29. The van der Waals surface area contributed by atoms with Gasteiger partial charge in [-0.3, -0.25) is 4.79 Å². The second-order valence-corrected chi connectivity index (χ2v) is 7.30. The summed E-state index contributed by atoms with van der Waals surface area (Å²) in [7, 11) is 0. The van der Waals surface area contributed by atoms with Gasteiger partial charge in [0.05, 0.1) is 6.10 Å². The minimum absolute atomic E-state index is 0. The summed E-state index contributed by atoms with van der Waals surface area (Å²) in [6.45, 7) is 4.52. The van der Waals surface area contributed by atoms with E-state index in [0.717, 1.165) is 25.2 Å². The first-order valence-electron chi connectivity index (χ1n) is 7.76. The Labute approximate surface area is 116 Å². The molecule has 3 saturated carbocycles. The van der Waals surface area contributed by atoms with Crippen molar-refractivity contribution in [3.63, 3.8) is 0 Å². The first kappa shape index (κ1) is 15.0. The molecule has 0 aromatic heterocycles. The van der Waals surface area contributed by atoms with Crippen LogP contribution in [0.4, 0.5) is 0 Å². The van der Waals surface area contributed by atoms with Gasteiger partial charge >= 0.3 is 0 Å². The summed E-state index contributed by atoms with van der Waals surface area (Å²) < 4.78 is 0. The van der Waals surface area contributed by atoms with Gasteiger partial charge in [-0.15, -0.1) is 0 Å². The van der Waals surface area contributed by atoms with Crippen LogP contribution in [0.1, 0.15) is 52.4 Å². The lowest BCUT2D eigenvalue weighted by Gasteiger charge is -2.52. The molecule has 3 aliphatic rings. The third-order valence-electron chi connectivity index (χ3n) is 6.04. The maximum Gasteiger partial charge on any atom is 0.133 e. The number of fused-ring (bicyclic) bond motifs is 3. The molecule has 0 aliphatic heterocycles. The SMILES string of the molecule is C[C@@H]1C[C@@H]2C(CC[C@H]3C2CC(=O)C[C@@H]3C)[C@H](O)C1.N. The van der Waals surface area contributed by atoms with Crippen LogP contribution in [0.15, 0.2) is 0 Å². The maximum atomic E-state index is 11.9. The van der Waals surface area contributed by atoms with Crippen molar-refractivity contribution in [2.45, 2.75) is 58.5 Å². The van der Waals surface area contributed by atoms with E-state index in [0.29, 0.717) is 35.4 Å². The Bertz CT molecular complexity index is 344. The van der Waals surface area contributed by atoms with Crippen molar-refractivity contribution in [2.75, 3.05) is 0 Å². The number of hydrogen-bond acceptors (Lipinski definition) is 3. The van der Waals surface area contributed by atoms with E-state index in [1.807, 2.05) is 0 Å². The van der Waals surface area contributed by atoms with Gasteiger partial charge in [-0.1, -0.05) is 13.8 Å². The van der Waals surface area contributed by atoms with Gasteiger partial charge in [0.2, 0.25) is 0 Å². The molecule has 19 heavy (non-hydrogen) atoms. The Morgan fingerprint density at radius 2 is 1.63 bits per heavy atom. The molecule has 0 saturated heterocycles. The molecule has 0 heterocycles. The van der Waals surface area contributed by atoms with Crippen molar-refractivity contribution in [1.82, 2.24) is 6.15 Å². The van der Waals surface area contributed by atoms with Crippen LogP contribution in [0.25, 0.3) is 0 Å². The van der Waals surface area contributed by atoms with Gasteiger partial charge in [-0.05, 0) is 61.2 Å². The third kappa shape index (κ3) is 2.59. The van der Waals surface area contributed by atoms with Gasteiger partial charge in [-0.25, -0.2) is 0 Å². The van der Waals surface area contributed by atoms with E-state index in [1.165, 1.54) is 19.3 Å². The van der Waals surface area contributed by atoms with E-state index >= 15 is 0 Å². The van der Waals surface area contributed by atoms with Gasteiger partial charge < -0.3 is 11.3 Å². The van der Waals surface area contributed by atoms with Crippen LogP contribution in [0, 0.1) is 35.5 Å². The second kappa shape index (κ2) is 5.53. The summed E-state index contributed by atoms with van der Waals surface area (Å²) in [4.78, 5) is 11.9. The fraction of sp³-hybridized carbons (Fsp3) is 0.938. The van der Waals surface area contributed by atoms with E-state index in [9.17, 15) is 9.90 Å². The largest absolute Gasteiger partial charge is 0.393 e. The first-order valence-corrected chi connectivity index (χ1v) is 7.76. The van der Waals surface area contributed by atoms with Crippen LogP contribution in [0.3, 0.4) is 0 Å². The average molecular weight is 267 g/mol. The lowest BCUT2D eigenvalue weighted by molar-refractivity contribution is -0.132. The highest BCUT2D eigenvalue weighted by molar-refractivity contribution is 5.79. The van der Waals surface area contributed by atoms with Crippen LogP contribution >= 0.6 is 0 Å². The smallest absolute Gasteiger partial charge is 0.133 e. The van der Waals surface area contributed by atoms with Gasteiger partial charge in [0.15, 0.2) is 0 Å². The minimum atomic E-state index is -0.105. The van der Waals surface area contributed by atoms with Crippen LogP contribution < -0.4 is 6.15 Å². The fourth-order valence-corrected chi connectivity index (χ4v) is 5.29. The lowest BCUT2D eigenvalue weighted by atomic mass is 9.54. The number of carbonyl (C=O) groups is 1. The second-order valence-electron chi connectivity index (χ2n) is 7.30. The minimum Gasteiger partial charge on any atom is -0.393 e. The number of rotatable bonds is 0. The van der Waals surface area contributed by atoms with Crippen molar-refractivity contribution < 1.29 is 9.90 Å². The Hall–Kier alpha value is -0.410. The van der Waals surface area contributed by atoms with Crippen LogP contribution in [0.2, 0.25) is 0 Å². The summed E-state index contributed by atoms with van der Waals surface area (Å²) in [5.41, 5.74) is 0. The molecular weight excluding hydrogens is 238 g/mol. The molecule has 0 aromatic carbocycles. The third-order valence-corrected chi connectivity index (χ3v) is 6.04. The Morgan fingerprint density at radius 3 is 2.37 bits per heavy atom. The average Bonchev–Trinajstić information content (AvgIpc) is 2.28. The highest BCUT2D eigenvalue weighted by Crippen LogP contribution is 2.53. The van der Waals surface area contributed by atoms with Crippen molar-refractivity contribution in [1.29, 1.82) is 0 Å². The first-order chi connectivity index (χ1) is 8.56. The standard InChI is InChI=1S/C16H26O2.H3N/c1-9-5-14-13(16(18)6-9)4-3-12-10(2)7-11(17)8-15(12)14;/h9-10,12-16,18H,3-8H2,1-2H3;1H3/t9-,10+,12-,13?,14-,15?,16-;/m1./s1. The number of hydrogen-bond donors (Lipinski definition) is 2. The van der Waals surface area contributed by atoms with E-state index in [2.05, 4.69) is 13.8 Å². The molecule has 4 N–H and O–H groups in total. The number of aliphatic hydroxyl groups is 1. The molecule has 110 valence electrons. The molecular formula is C16H29NO2. The van der Waals surface area contributed by atoms with Crippen LogP contribution in [0.5, 0.6) is 0 Å². The van der Waals surface area contributed by atoms with Crippen molar-refractivity contribution in [2.24, 2.45) is 35.5 Å². The molecule has 7 atom stereocenters. The molecule has 0 bridgehead atoms. The maximum absolute atomic E-state index is 11.9. The van der Waals surface area contributed by atoms with Crippen LogP contribution in [-0.4, -0.2) is 17.0 Å². The highest BCUT2D eigenvalue weighted by Gasteiger charge is 2.48. The molecule has 3 rings (SSSR count). The van der Waals surface area contributed by atoms with Gasteiger partial charge in [0.1, 0.15) is 5.78 Å². The zero-order chi connectivity index (χ0) is 12.9. The summed E-state index contributed by atoms with van der Waals surface area (Å²) in [6.07, 6.45) is 6.15. The number of carbonyl (C=O) groups excluding carboxylic acids is 1. The molecule has 0 spiro atoms. The molecule has 0 aromatic rings. The molecule has 3 heteroatoms. The molecule has 0 amide bonds. The lowest BCUT2D eigenvalue weighted by Crippen LogP contribution is -2.48. The van der Waals surface area contributed by atoms with Crippen LogP contribution in [-0.2, 0) is 4.79 Å². The normalized spacial score (nSPS) is 49.8. The number of ketones is 1. The van der Waals surface area contributed by atoms with Gasteiger partial charge in [-0.2, -0.15) is 0 Å². The Kier molecular flexibility index (Phi) is 4.36. The molecule has 0 radical (unpaired) electrons. The van der Waals surface area contributed by atoms with Crippen molar-refractivity contribution >= 4 is 5.78 Å². The van der Waals surface area contributed by atoms with E-state index < -0.39 is 0 Å². The van der Waals surface area contributed by atoms with Crippen molar-refractivity contribution in [3.05, 3.63) is 0 Å². The summed E-state index contributed by atoms with van der Waals surface area (Å²) >= 11 is 0. The van der Waals surface area contributed by atoms with Crippen molar-refractivity contribution in [3.8, 4) is 0 Å². The van der Waals surface area contributed by atoms with E-state index in [4.69, 9.17) is 0 Å². The predicted octanol–water partition coefficient (Wildman–Crippen LogP) is 3.20. The Balaban J connectivity index is 0.00000133. The number of aliphatic hydroxyl groups excluding tert-OH is 1. The predicted molar refractivity (Wildman–Crippen MR) is 76.0 cm³/mol. The van der Waals surface area contributed by atoms with E-state index in [-0.39, 0.29) is 12.3 Å². The summed E-state index contributed by atoms with van der Waals surface area (Å²) in [6, 6.07) is 0. The molecule has 3 fully saturated rings. The van der Waals surface area contributed by atoms with E-state index in [1.54, 1.807) is 0 Å². The molecule has 3 nitrogen and oxygen atoms in total. The molecule has 3 aliphatic carbocycles. The quantitative estimate of drug-likeness (QED) is 0.708.